The van der Waals surface area contributed by atoms with E-state index in [0.29, 0.717) is 0 Å². The fourth-order valence-electron chi connectivity index (χ4n) is 3.10. The van der Waals surface area contributed by atoms with E-state index in [1.54, 1.807) is 6.08 Å². The van der Waals surface area contributed by atoms with Crippen LogP contribution in [-0.2, 0) is 6.42 Å². The Labute approximate surface area is 188 Å². The average molecular weight is 414 g/mol. The molecule has 2 N–H and O–H groups in total. The average Bonchev–Trinajstić information content (AvgIpc) is 2.77. The smallest absolute Gasteiger partial charge is 0.0659 e. The number of aryl methyl sites for hydroxylation is 2. The van der Waals surface area contributed by atoms with Crippen molar-refractivity contribution < 1.29 is 0 Å². The normalized spacial score (nSPS) is 10.6. The highest BCUT2D eigenvalue weighted by Crippen LogP contribution is 2.24. The third-order valence-corrected chi connectivity index (χ3v) is 5.08. The van der Waals surface area contributed by atoms with Gasteiger partial charge in [-0.1, -0.05) is 57.5 Å². The lowest BCUT2D eigenvalue weighted by molar-refractivity contribution is 0.667. The van der Waals surface area contributed by atoms with E-state index in [2.05, 4.69) is 80.1 Å². The second-order valence-electron chi connectivity index (χ2n) is 7.68. The number of benzene rings is 2. The summed E-state index contributed by atoms with van der Waals surface area (Å²) in [5.74, 6) is 0. The molecule has 162 valence electrons. The molecule has 0 amide bonds. The van der Waals surface area contributed by atoms with Crippen molar-refractivity contribution in [2.75, 3.05) is 11.9 Å². The Morgan fingerprint density at radius 2 is 1.84 bits per heavy atom. The fourth-order valence-corrected chi connectivity index (χ4v) is 3.10. The van der Waals surface area contributed by atoms with Crippen molar-refractivity contribution >= 4 is 23.2 Å². The largest absolute Gasteiger partial charge is 0.389 e. The van der Waals surface area contributed by atoms with Crippen LogP contribution in [0.5, 0.6) is 0 Å². The Bertz CT molecular complexity index is 966. The summed E-state index contributed by atoms with van der Waals surface area (Å²) in [6.07, 6.45) is 7.71. The molecule has 31 heavy (non-hydrogen) atoms. The predicted molar refractivity (Wildman–Crippen MR) is 138 cm³/mol. The Morgan fingerprint density at radius 3 is 2.55 bits per heavy atom. The van der Waals surface area contributed by atoms with Gasteiger partial charge in [0.25, 0.3) is 0 Å². The number of para-hydroxylation sites is 1. The maximum absolute atomic E-state index is 4.63. The van der Waals surface area contributed by atoms with Gasteiger partial charge in [0.1, 0.15) is 0 Å². The highest BCUT2D eigenvalue weighted by atomic mass is 14.9. The summed E-state index contributed by atoms with van der Waals surface area (Å²) in [5.41, 5.74) is 8.13. The second kappa shape index (κ2) is 12.4. The van der Waals surface area contributed by atoms with E-state index >= 15 is 0 Å². The van der Waals surface area contributed by atoms with Crippen molar-refractivity contribution in [2.45, 2.75) is 39.5 Å². The van der Waals surface area contributed by atoms with E-state index in [9.17, 15) is 0 Å². The van der Waals surface area contributed by atoms with E-state index in [-0.39, 0.29) is 0 Å². The molecule has 2 aromatic rings. The monoisotopic (exact) mass is 413 g/mol. The van der Waals surface area contributed by atoms with Crippen molar-refractivity contribution in [3.05, 3.63) is 103 Å². The molecule has 2 aromatic carbocycles. The standard InChI is InChI=1S/C28H35N3/c1-7-23(5)29-16-12-11-14-25-17-26(19-27(18-25)31-24(6)8-2)22(4)20-30-28-15-10-9-13-21(28)3/h8-10,13,15,17-20,29,31H,2,4-7,11-12,14,16H2,1,3H3. The van der Waals surface area contributed by atoms with Crippen LogP contribution in [0.3, 0.4) is 0 Å². The molecule has 0 saturated heterocycles. The van der Waals surface area contributed by atoms with Crippen LogP contribution in [0.2, 0.25) is 0 Å². The SMILES string of the molecule is C=CC(=C)Nc1cc(CCCCNC(=C)CC)cc(C(=C)C=Nc2ccccc2C)c1. The number of hydrogen-bond acceptors (Lipinski definition) is 3. The first-order valence-electron chi connectivity index (χ1n) is 10.9. The van der Waals surface area contributed by atoms with Crippen LogP contribution in [0.1, 0.15) is 42.9 Å². The number of rotatable bonds is 13. The summed E-state index contributed by atoms with van der Waals surface area (Å²) in [6.45, 7) is 21.1. The highest BCUT2D eigenvalue weighted by Gasteiger charge is 2.05. The van der Waals surface area contributed by atoms with Crippen molar-refractivity contribution in [2.24, 2.45) is 4.99 Å². The van der Waals surface area contributed by atoms with Gasteiger partial charge in [0.05, 0.1) is 5.69 Å². The van der Waals surface area contributed by atoms with Crippen molar-refractivity contribution in [1.82, 2.24) is 5.32 Å². The van der Waals surface area contributed by atoms with Crippen LogP contribution >= 0.6 is 0 Å². The summed E-state index contributed by atoms with van der Waals surface area (Å²) < 4.78 is 0. The number of nitrogens with one attached hydrogen (secondary N) is 2. The molecule has 0 spiro atoms. The lowest BCUT2D eigenvalue weighted by Crippen LogP contribution is -2.13. The Morgan fingerprint density at radius 1 is 1.06 bits per heavy atom. The van der Waals surface area contributed by atoms with Crippen LogP contribution in [0.15, 0.2) is 91.2 Å². The molecule has 3 nitrogen and oxygen atoms in total. The molecule has 0 bridgehead atoms. The lowest BCUT2D eigenvalue weighted by atomic mass is 10.00. The number of anilines is 1. The zero-order valence-corrected chi connectivity index (χ0v) is 19.0. The number of unbranched alkanes of at least 4 members (excludes halogenated alkanes) is 1. The van der Waals surface area contributed by atoms with Gasteiger partial charge in [-0.25, -0.2) is 0 Å². The molecule has 0 unspecified atom stereocenters. The van der Waals surface area contributed by atoms with E-state index in [1.807, 2.05) is 24.4 Å². The number of allylic oxidation sites excluding steroid dienone is 3. The molecule has 2 rings (SSSR count). The van der Waals surface area contributed by atoms with Crippen molar-refractivity contribution in [3.63, 3.8) is 0 Å². The third kappa shape index (κ3) is 8.13. The number of nitrogens with zero attached hydrogens (tertiary/aromatic N) is 1. The molecule has 0 aliphatic heterocycles. The third-order valence-electron chi connectivity index (χ3n) is 5.08. The molecule has 0 saturated carbocycles. The number of aliphatic imine (C=N–C) groups is 1. The zero-order valence-electron chi connectivity index (χ0n) is 19.0. The minimum absolute atomic E-state index is 0.768. The fraction of sp³-hybridized carbons (Fsp3) is 0.250. The molecule has 0 aromatic heterocycles. The molecule has 0 fully saturated rings. The summed E-state index contributed by atoms with van der Waals surface area (Å²) in [7, 11) is 0. The second-order valence-corrected chi connectivity index (χ2v) is 7.68. The van der Waals surface area contributed by atoms with Crippen LogP contribution < -0.4 is 10.6 Å². The molecule has 0 heterocycles. The topological polar surface area (TPSA) is 36.4 Å². The Balaban J connectivity index is 2.13. The summed E-state index contributed by atoms with van der Waals surface area (Å²) >= 11 is 0. The quantitative estimate of drug-likeness (QED) is 0.204. The Hall–Kier alpha value is -3.33. The van der Waals surface area contributed by atoms with E-state index in [0.717, 1.165) is 71.7 Å². The molecular formula is C28H35N3. The summed E-state index contributed by atoms with van der Waals surface area (Å²) in [5, 5.41) is 6.68. The van der Waals surface area contributed by atoms with Gasteiger partial charge in [-0.15, -0.1) is 0 Å². The van der Waals surface area contributed by atoms with Gasteiger partial charge in [0.15, 0.2) is 0 Å². The molecular weight excluding hydrogens is 378 g/mol. The first-order chi connectivity index (χ1) is 14.9. The minimum Gasteiger partial charge on any atom is -0.389 e. The zero-order chi connectivity index (χ0) is 22.6. The van der Waals surface area contributed by atoms with Crippen molar-refractivity contribution in [3.8, 4) is 0 Å². The first kappa shape index (κ1) is 23.9. The summed E-state index contributed by atoms with van der Waals surface area (Å²) in [6, 6.07) is 14.5. The molecule has 3 heteroatoms. The molecule has 0 atom stereocenters. The number of hydrogen-bond donors (Lipinski definition) is 2. The lowest BCUT2D eigenvalue weighted by Gasteiger charge is -2.13. The first-order valence-corrected chi connectivity index (χ1v) is 10.9. The van der Waals surface area contributed by atoms with E-state index < -0.39 is 0 Å². The van der Waals surface area contributed by atoms with Gasteiger partial charge in [-0.3, -0.25) is 4.99 Å². The maximum Gasteiger partial charge on any atom is 0.0659 e. The minimum atomic E-state index is 0.768. The van der Waals surface area contributed by atoms with Gasteiger partial charge < -0.3 is 10.6 Å². The van der Waals surface area contributed by atoms with Gasteiger partial charge in [0.2, 0.25) is 0 Å². The molecule has 0 aliphatic rings. The van der Waals surface area contributed by atoms with E-state index in [4.69, 9.17) is 0 Å². The van der Waals surface area contributed by atoms with Crippen molar-refractivity contribution in [1.29, 1.82) is 0 Å². The molecule has 0 radical (unpaired) electrons. The van der Waals surface area contributed by atoms with Crippen LogP contribution in [-0.4, -0.2) is 12.8 Å². The Kier molecular flexibility index (Phi) is 9.57. The van der Waals surface area contributed by atoms with Gasteiger partial charge in [-0.2, -0.15) is 0 Å². The van der Waals surface area contributed by atoms with Gasteiger partial charge in [-0.05, 0) is 79.1 Å². The van der Waals surface area contributed by atoms with Crippen LogP contribution in [0.25, 0.3) is 5.57 Å². The summed E-state index contributed by atoms with van der Waals surface area (Å²) in [4.78, 5) is 4.63. The predicted octanol–water partition coefficient (Wildman–Crippen LogP) is 7.36. The highest BCUT2D eigenvalue weighted by molar-refractivity contribution is 6.10. The van der Waals surface area contributed by atoms with Gasteiger partial charge in [0, 0.05) is 29.8 Å². The molecule has 0 aliphatic carbocycles. The maximum atomic E-state index is 4.63. The van der Waals surface area contributed by atoms with Crippen LogP contribution in [0, 0.1) is 6.92 Å². The van der Waals surface area contributed by atoms with E-state index in [1.165, 1.54) is 5.56 Å². The van der Waals surface area contributed by atoms with Crippen LogP contribution in [0.4, 0.5) is 11.4 Å². The van der Waals surface area contributed by atoms with Gasteiger partial charge >= 0.3 is 0 Å².